The van der Waals surface area contributed by atoms with E-state index in [0.29, 0.717) is 10.9 Å². The van der Waals surface area contributed by atoms with Crippen molar-refractivity contribution < 1.29 is 23.1 Å². The summed E-state index contributed by atoms with van der Waals surface area (Å²) in [7, 11) is 1.51. The summed E-state index contributed by atoms with van der Waals surface area (Å²) in [5, 5.41) is 15.5. The van der Waals surface area contributed by atoms with Crippen LogP contribution in [0.25, 0.3) is 22.2 Å². The number of hydrogen-bond donors (Lipinski definition) is 2. The number of aromatic nitrogens is 3. The van der Waals surface area contributed by atoms with Crippen LogP contribution in [-0.2, 0) is 13.2 Å². The van der Waals surface area contributed by atoms with Crippen molar-refractivity contribution in [3.8, 4) is 11.3 Å². The van der Waals surface area contributed by atoms with Crippen molar-refractivity contribution in [2.75, 3.05) is 0 Å². The minimum absolute atomic E-state index is 0.0323. The van der Waals surface area contributed by atoms with E-state index in [1.165, 1.54) is 29.9 Å². The van der Waals surface area contributed by atoms with Crippen molar-refractivity contribution >= 4 is 16.9 Å². The molecular weight excluding hydrogens is 299 g/mol. The Morgan fingerprint density at radius 3 is 2.68 bits per heavy atom. The molecule has 0 atom stereocenters. The molecule has 0 aliphatic rings. The van der Waals surface area contributed by atoms with Gasteiger partial charge in [-0.1, -0.05) is 12.1 Å². The number of aryl methyl sites for hydroxylation is 1. The summed E-state index contributed by atoms with van der Waals surface area (Å²) in [6.07, 6.45) is -2.97. The van der Waals surface area contributed by atoms with E-state index in [1.54, 1.807) is 6.07 Å². The highest BCUT2D eigenvalue weighted by Gasteiger charge is 2.34. The minimum Gasteiger partial charge on any atom is -0.477 e. The molecule has 1 aromatic carbocycles. The quantitative estimate of drug-likeness (QED) is 0.763. The number of alkyl halides is 3. The molecule has 0 aliphatic heterocycles. The maximum Gasteiger partial charge on any atom is 0.418 e. The fourth-order valence-electron chi connectivity index (χ4n) is 2.47. The molecular formula is C14H10F3N3O2. The van der Waals surface area contributed by atoms with Gasteiger partial charge in [0, 0.05) is 24.2 Å². The summed E-state index contributed by atoms with van der Waals surface area (Å²) in [4.78, 5) is 10.9. The Labute approximate surface area is 122 Å². The van der Waals surface area contributed by atoms with Crippen LogP contribution in [0.2, 0.25) is 0 Å². The van der Waals surface area contributed by atoms with Crippen LogP contribution in [0, 0.1) is 0 Å². The first-order valence-electron chi connectivity index (χ1n) is 6.23. The third kappa shape index (κ3) is 2.12. The molecule has 114 valence electrons. The third-order valence-electron chi connectivity index (χ3n) is 3.39. The van der Waals surface area contributed by atoms with Gasteiger partial charge in [-0.2, -0.15) is 18.3 Å². The van der Waals surface area contributed by atoms with Crippen molar-refractivity contribution in [1.82, 2.24) is 14.8 Å². The normalized spacial score (nSPS) is 12.0. The molecule has 3 aromatic rings. The van der Waals surface area contributed by atoms with Gasteiger partial charge in [0.05, 0.1) is 16.8 Å². The predicted octanol–water partition coefficient (Wildman–Crippen LogP) is 3.29. The number of aromatic carboxylic acids is 1. The number of benzene rings is 1. The minimum atomic E-state index is -4.47. The number of carbonyl (C=O) groups is 1. The topological polar surface area (TPSA) is 70.9 Å². The Hall–Kier alpha value is -2.77. The second kappa shape index (κ2) is 4.62. The van der Waals surface area contributed by atoms with Gasteiger partial charge >= 0.3 is 12.1 Å². The Balaban J connectivity index is 2.26. The average molecular weight is 309 g/mol. The lowest BCUT2D eigenvalue weighted by Gasteiger charge is -2.09. The zero-order chi connectivity index (χ0) is 16.1. The van der Waals surface area contributed by atoms with Crippen LogP contribution >= 0.6 is 0 Å². The van der Waals surface area contributed by atoms with E-state index >= 15 is 0 Å². The molecule has 0 unspecified atom stereocenters. The average Bonchev–Trinajstić information content (AvgIpc) is 3.03. The molecule has 0 saturated heterocycles. The molecule has 0 spiro atoms. The smallest absolute Gasteiger partial charge is 0.418 e. The van der Waals surface area contributed by atoms with Crippen LogP contribution in [0.4, 0.5) is 13.2 Å². The summed E-state index contributed by atoms with van der Waals surface area (Å²) in [5.74, 6) is -1.19. The van der Waals surface area contributed by atoms with Crippen LogP contribution in [-0.4, -0.2) is 25.8 Å². The summed E-state index contributed by atoms with van der Waals surface area (Å²) in [6.45, 7) is 0. The molecule has 22 heavy (non-hydrogen) atoms. The van der Waals surface area contributed by atoms with Gasteiger partial charge in [-0.05, 0) is 12.1 Å². The summed E-state index contributed by atoms with van der Waals surface area (Å²) < 4.78 is 40.7. The summed E-state index contributed by atoms with van der Waals surface area (Å²) in [6, 6.07) is 5.17. The number of nitrogens with one attached hydrogen (secondary N) is 1. The Bertz CT molecular complexity index is 877. The molecule has 5 nitrogen and oxygen atoms in total. The van der Waals surface area contributed by atoms with E-state index < -0.39 is 17.7 Å². The van der Waals surface area contributed by atoms with Gasteiger partial charge < -0.3 is 9.67 Å². The molecule has 0 fully saturated rings. The number of nitrogens with zero attached hydrogens (tertiary/aromatic N) is 2. The lowest BCUT2D eigenvalue weighted by atomic mass is 10.1. The van der Waals surface area contributed by atoms with Crippen molar-refractivity contribution in [2.45, 2.75) is 6.18 Å². The predicted molar refractivity (Wildman–Crippen MR) is 72.5 cm³/mol. The number of fused-ring (bicyclic) bond motifs is 1. The number of H-pyrrole nitrogens is 1. The van der Waals surface area contributed by atoms with Gasteiger partial charge in [-0.15, -0.1) is 0 Å². The Kier molecular flexibility index (Phi) is 2.98. The number of para-hydroxylation sites is 1. The molecule has 3 rings (SSSR count). The van der Waals surface area contributed by atoms with E-state index in [2.05, 4.69) is 10.2 Å². The summed E-state index contributed by atoms with van der Waals surface area (Å²) in [5.41, 5.74) is -0.119. The Morgan fingerprint density at radius 1 is 1.36 bits per heavy atom. The number of carboxylic acid groups (broad SMARTS) is 1. The zero-order valence-corrected chi connectivity index (χ0v) is 11.3. The highest BCUT2D eigenvalue weighted by Crippen LogP contribution is 2.38. The third-order valence-corrected chi connectivity index (χ3v) is 3.39. The number of hydrogen-bond acceptors (Lipinski definition) is 2. The van der Waals surface area contributed by atoms with Gasteiger partial charge in [0.1, 0.15) is 5.69 Å². The molecule has 2 N–H and O–H groups in total. The number of rotatable bonds is 2. The molecule has 2 aromatic heterocycles. The maximum absolute atomic E-state index is 13.1. The number of halogens is 3. The van der Waals surface area contributed by atoms with Gasteiger partial charge in [-0.25, -0.2) is 4.79 Å². The molecule has 0 saturated carbocycles. The number of aromatic amines is 1. The summed E-state index contributed by atoms with van der Waals surface area (Å²) >= 11 is 0. The van der Waals surface area contributed by atoms with Crippen LogP contribution in [0.1, 0.15) is 16.1 Å². The lowest BCUT2D eigenvalue weighted by molar-refractivity contribution is -0.136. The van der Waals surface area contributed by atoms with Crippen molar-refractivity contribution in [2.24, 2.45) is 7.05 Å². The van der Waals surface area contributed by atoms with Crippen LogP contribution in [0.15, 0.2) is 30.5 Å². The van der Waals surface area contributed by atoms with Crippen LogP contribution < -0.4 is 0 Å². The molecule has 2 heterocycles. The zero-order valence-electron chi connectivity index (χ0n) is 11.3. The van der Waals surface area contributed by atoms with E-state index in [1.807, 2.05) is 0 Å². The first-order chi connectivity index (χ1) is 10.3. The fraction of sp³-hybridized carbons (Fsp3) is 0.143. The van der Waals surface area contributed by atoms with Crippen molar-refractivity contribution in [1.29, 1.82) is 0 Å². The standard InChI is InChI=1S/C14H10F3N3O2/c1-20-6-8(10-5-11(13(21)22)19-18-10)7-3-2-4-9(12(7)20)14(15,16)17/h2-6H,1H3,(H,18,19)(H,21,22). The van der Waals surface area contributed by atoms with E-state index in [0.717, 1.165) is 6.07 Å². The van der Waals surface area contributed by atoms with Crippen LogP contribution in [0.5, 0.6) is 0 Å². The largest absolute Gasteiger partial charge is 0.477 e. The SMILES string of the molecule is Cn1cc(-c2cc(C(=O)O)[nH]n2)c2cccc(C(F)(F)F)c21. The van der Waals surface area contributed by atoms with Gasteiger partial charge in [0.2, 0.25) is 0 Å². The first kappa shape index (κ1) is 14.2. The Morgan fingerprint density at radius 2 is 2.09 bits per heavy atom. The monoisotopic (exact) mass is 309 g/mol. The lowest BCUT2D eigenvalue weighted by Crippen LogP contribution is -2.07. The van der Waals surface area contributed by atoms with E-state index in [-0.39, 0.29) is 16.9 Å². The second-order valence-electron chi connectivity index (χ2n) is 4.83. The fourth-order valence-corrected chi connectivity index (χ4v) is 2.47. The molecule has 0 amide bonds. The molecule has 0 radical (unpaired) electrons. The van der Waals surface area contributed by atoms with Gasteiger partial charge in [-0.3, -0.25) is 5.10 Å². The first-order valence-corrected chi connectivity index (χ1v) is 6.23. The number of carboxylic acids is 1. The maximum atomic E-state index is 13.1. The van der Waals surface area contributed by atoms with E-state index in [9.17, 15) is 18.0 Å². The van der Waals surface area contributed by atoms with Gasteiger partial charge in [0.15, 0.2) is 0 Å². The van der Waals surface area contributed by atoms with Gasteiger partial charge in [0.25, 0.3) is 0 Å². The van der Waals surface area contributed by atoms with Crippen LogP contribution in [0.3, 0.4) is 0 Å². The highest BCUT2D eigenvalue weighted by atomic mass is 19.4. The molecule has 8 heteroatoms. The molecule has 0 bridgehead atoms. The highest BCUT2D eigenvalue weighted by molar-refractivity contribution is 5.98. The second-order valence-corrected chi connectivity index (χ2v) is 4.83. The molecule has 0 aliphatic carbocycles. The van der Waals surface area contributed by atoms with E-state index in [4.69, 9.17) is 5.11 Å². The van der Waals surface area contributed by atoms with Crippen molar-refractivity contribution in [3.63, 3.8) is 0 Å². The van der Waals surface area contributed by atoms with Crippen molar-refractivity contribution in [3.05, 3.63) is 41.7 Å².